The van der Waals surface area contributed by atoms with Gasteiger partial charge in [0.15, 0.2) is 0 Å². The van der Waals surface area contributed by atoms with E-state index in [1.165, 1.54) is 0 Å². The fourth-order valence-electron chi connectivity index (χ4n) is 3.90. The van der Waals surface area contributed by atoms with Gasteiger partial charge in [0.25, 0.3) is 0 Å². The standard InChI is InChI=1S/C16H28N2O3/c1-3-7-16(9-6-10-17-12-16)13(19)18-11-5-4-8-15(18,2)14(20)21/h17H,3-12H2,1-2H3,(H,20,21). The molecule has 120 valence electrons. The van der Waals surface area contributed by atoms with Crippen molar-refractivity contribution in [3.63, 3.8) is 0 Å². The van der Waals surface area contributed by atoms with Crippen LogP contribution in [0, 0.1) is 5.41 Å². The summed E-state index contributed by atoms with van der Waals surface area (Å²) in [5.74, 6) is -0.813. The molecule has 0 bridgehead atoms. The smallest absolute Gasteiger partial charge is 0.329 e. The van der Waals surface area contributed by atoms with Crippen LogP contribution in [0.2, 0.25) is 0 Å². The summed E-state index contributed by atoms with van der Waals surface area (Å²) in [6.07, 6.45) is 6.00. The number of carbonyl (C=O) groups is 2. The number of amides is 1. The van der Waals surface area contributed by atoms with Gasteiger partial charge < -0.3 is 15.3 Å². The molecule has 0 aromatic carbocycles. The van der Waals surface area contributed by atoms with Gasteiger partial charge in [0, 0.05) is 13.1 Å². The average Bonchev–Trinajstić information content (AvgIpc) is 2.48. The molecule has 2 saturated heterocycles. The largest absolute Gasteiger partial charge is 0.480 e. The molecule has 2 aliphatic rings. The summed E-state index contributed by atoms with van der Waals surface area (Å²) in [6.45, 7) is 6.02. The number of nitrogens with zero attached hydrogens (tertiary/aromatic N) is 1. The second-order valence-electron chi connectivity index (χ2n) is 6.80. The van der Waals surface area contributed by atoms with Gasteiger partial charge in [-0.15, -0.1) is 0 Å². The number of carbonyl (C=O) groups excluding carboxylic acids is 1. The highest BCUT2D eigenvalue weighted by Crippen LogP contribution is 2.38. The number of carboxylic acids is 1. The molecule has 5 nitrogen and oxygen atoms in total. The van der Waals surface area contributed by atoms with Gasteiger partial charge in [-0.05, 0) is 52.0 Å². The van der Waals surface area contributed by atoms with Crippen molar-refractivity contribution in [3.05, 3.63) is 0 Å². The number of nitrogens with one attached hydrogen (secondary N) is 1. The Hall–Kier alpha value is -1.10. The number of hydrogen-bond acceptors (Lipinski definition) is 3. The Bertz CT molecular complexity index is 399. The molecule has 21 heavy (non-hydrogen) atoms. The van der Waals surface area contributed by atoms with Crippen molar-refractivity contribution in [2.45, 2.75) is 64.3 Å². The molecule has 0 radical (unpaired) electrons. The minimum Gasteiger partial charge on any atom is -0.480 e. The highest BCUT2D eigenvalue weighted by molar-refractivity contribution is 5.90. The lowest BCUT2D eigenvalue weighted by Crippen LogP contribution is -2.62. The van der Waals surface area contributed by atoms with Crippen LogP contribution in [0.15, 0.2) is 0 Å². The van der Waals surface area contributed by atoms with E-state index in [0.29, 0.717) is 19.5 Å². The second kappa shape index (κ2) is 6.34. The van der Waals surface area contributed by atoms with Crippen LogP contribution in [0.1, 0.15) is 58.8 Å². The zero-order chi connectivity index (χ0) is 15.5. The topological polar surface area (TPSA) is 69.6 Å². The summed E-state index contributed by atoms with van der Waals surface area (Å²) in [5, 5.41) is 13.0. The van der Waals surface area contributed by atoms with Crippen LogP contribution in [-0.4, -0.2) is 47.1 Å². The van der Waals surface area contributed by atoms with Crippen molar-refractivity contribution in [1.82, 2.24) is 10.2 Å². The molecule has 0 aromatic rings. The van der Waals surface area contributed by atoms with Gasteiger partial charge >= 0.3 is 5.97 Å². The van der Waals surface area contributed by atoms with Crippen LogP contribution in [0.3, 0.4) is 0 Å². The first-order chi connectivity index (χ1) is 9.96. The van der Waals surface area contributed by atoms with Crippen molar-refractivity contribution >= 4 is 11.9 Å². The monoisotopic (exact) mass is 296 g/mol. The SMILES string of the molecule is CCCC1(C(=O)N2CCCCC2(C)C(=O)O)CCCNC1. The van der Waals surface area contributed by atoms with E-state index in [9.17, 15) is 14.7 Å². The number of piperidine rings is 2. The predicted octanol–water partition coefficient (Wildman–Crippen LogP) is 2.01. The Balaban J connectivity index is 2.28. The Kier molecular flexibility index (Phi) is 4.91. The van der Waals surface area contributed by atoms with E-state index in [4.69, 9.17) is 0 Å². The van der Waals surface area contributed by atoms with E-state index in [0.717, 1.165) is 45.1 Å². The van der Waals surface area contributed by atoms with Crippen molar-refractivity contribution in [2.75, 3.05) is 19.6 Å². The van der Waals surface area contributed by atoms with Gasteiger partial charge in [-0.3, -0.25) is 4.79 Å². The van der Waals surface area contributed by atoms with E-state index < -0.39 is 16.9 Å². The summed E-state index contributed by atoms with van der Waals surface area (Å²) >= 11 is 0. The minimum atomic E-state index is -1.03. The Morgan fingerprint density at radius 1 is 1.24 bits per heavy atom. The van der Waals surface area contributed by atoms with Crippen molar-refractivity contribution in [2.24, 2.45) is 5.41 Å². The number of hydrogen-bond donors (Lipinski definition) is 2. The van der Waals surface area contributed by atoms with Gasteiger partial charge in [0.2, 0.25) is 5.91 Å². The van der Waals surface area contributed by atoms with Crippen molar-refractivity contribution in [1.29, 1.82) is 0 Å². The molecule has 2 aliphatic heterocycles. The molecule has 0 spiro atoms. The molecular weight excluding hydrogens is 268 g/mol. The lowest BCUT2D eigenvalue weighted by molar-refractivity contribution is -0.167. The molecule has 2 N–H and O–H groups in total. The Morgan fingerprint density at radius 2 is 2.00 bits per heavy atom. The molecule has 2 atom stereocenters. The van der Waals surface area contributed by atoms with Crippen LogP contribution in [0.25, 0.3) is 0 Å². The van der Waals surface area contributed by atoms with Crippen LogP contribution in [0.5, 0.6) is 0 Å². The van der Waals surface area contributed by atoms with Gasteiger partial charge in [0.05, 0.1) is 5.41 Å². The number of aliphatic carboxylic acids is 1. The third-order valence-corrected chi connectivity index (χ3v) is 5.25. The molecule has 5 heteroatoms. The van der Waals surface area contributed by atoms with Crippen molar-refractivity contribution in [3.8, 4) is 0 Å². The van der Waals surface area contributed by atoms with Gasteiger partial charge in [0.1, 0.15) is 5.54 Å². The fraction of sp³-hybridized carbons (Fsp3) is 0.875. The predicted molar refractivity (Wildman–Crippen MR) is 81.0 cm³/mol. The summed E-state index contributed by atoms with van der Waals surface area (Å²) < 4.78 is 0. The normalized spacial score (nSPS) is 33.7. The highest BCUT2D eigenvalue weighted by Gasteiger charge is 2.50. The molecule has 0 saturated carbocycles. The molecular formula is C16H28N2O3. The number of carboxylic acid groups (broad SMARTS) is 1. The Labute approximate surface area is 127 Å². The lowest BCUT2D eigenvalue weighted by atomic mass is 9.74. The van der Waals surface area contributed by atoms with E-state index in [2.05, 4.69) is 12.2 Å². The van der Waals surface area contributed by atoms with E-state index >= 15 is 0 Å². The van der Waals surface area contributed by atoms with Crippen LogP contribution in [0.4, 0.5) is 0 Å². The third kappa shape index (κ3) is 2.93. The maximum atomic E-state index is 13.2. The summed E-state index contributed by atoms with van der Waals surface area (Å²) in [4.78, 5) is 26.6. The van der Waals surface area contributed by atoms with Gasteiger partial charge in [-0.25, -0.2) is 4.79 Å². The van der Waals surface area contributed by atoms with Crippen LogP contribution >= 0.6 is 0 Å². The van der Waals surface area contributed by atoms with Crippen molar-refractivity contribution < 1.29 is 14.7 Å². The maximum Gasteiger partial charge on any atom is 0.329 e. The summed E-state index contributed by atoms with van der Waals surface area (Å²) in [5.41, 5.74) is -1.44. The molecule has 0 aromatic heterocycles. The molecule has 2 rings (SSSR count). The van der Waals surface area contributed by atoms with E-state index in [-0.39, 0.29) is 5.91 Å². The third-order valence-electron chi connectivity index (χ3n) is 5.25. The Morgan fingerprint density at radius 3 is 2.57 bits per heavy atom. The molecule has 1 amide bonds. The summed E-state index contributed by atoms with van der Waals surface area (Å²) in [7, 11) is 0. The first kappa shape index (κ1) is 16.3. The summed E-state index contributed by atoms with van der Waals surface area (Å²) in [6, 6.07) is 0. The molecule has 0 aliphatic carbocycles. The second-order valence-corrected chi connectivity index (χ2v) is 6.80. The van der Waals surface area contributed by atoms with E-state index in [1.807, 2.05) is 0 Å². The number of likely N-dealkylation sites (tertiary alicyclic amines) is 1. The van der Waals surface area contributed by atoms with Crippen LogP contribution in [-0.2, 0) is 9.59 Å². The lowest BCUT2D eigenvalue weighted by Gasteiger charge is -2.47. The number of rotatable bonds is 4. The molecule has 2 unspecified atom stereocenters. The molecule has 2 fully saturated rings. The molecule has 2 heterocycles. The minimum absolute atomic E-state index is 0.0566. The fourth-order valence-corrected chi connectivity index (χ4v) is 3.90. The van der Waals surface area contributed by atoms with E-state index in [1.54, 1.807) is 11.8 Å². The maximum absolute atomic E-state index is 13.2. The zero-order valence-electron chi connectivity index (χ0n) is 13.3. The first-order valence-corrected chi connectivity index (χ1v) is 8.22. The van der Waals surface area contributed by atoms with Gasteiger partial charge in [-0.2, -0.15) is 0 Å². The van der Waals surface area contributed by atoms with Crippen LogP contribution < -0.4 is 5.32 Å². The quantitative estimate of drug-likeness (QED) is 0.832. The van der Waals surface area contributed by atoms with Gasteiger partial charge in [-0.1, -0.05) is 13.3 Å². The average molecular weight is 296 g/mol. The highest BCUT2D eigenvalue weighted by atomic mass is 16.4. The zero-order valence-corrected chi connectivity index (χ0v) is 13.3. The first-order valence-electron chi connectivity index (χ1n) is 8.22.